The fourth-order valence-electron chi connectivity index (χ4n) is 2.09. The number of oxazole rings is 1. The summed E-state index contributed by atoms with van der Waals surface area (Å²) < 4.78 is 5.60. The van der Waals surface area contributed by atoms with Crippen LogP contribution in [0.25, 0.3) is 11.5 Å². The van der Waals surface area contributed by atoms with E-state index in [0.29, 0.717) is 17.5 Å². The largest absolute Gasteiger partial charge is 0.441 e. The lowest BCUT2D eigenvalue weighted by Crippen LogP contribution is -2.15. The first-order valence-electron chi connectivity index (χ1n) is 6.91. The summed E-state index contributed by atoms with van der Waals surface area (Å²) >= 11 is 0. The monoisotopic (exact) mass is 293 g/mol. The average Bonchev–Trinajstić information content (AvgIpc) is 2.92. The first-order valence-corrected chi connectivity index (χ1v) is 6.91. The molecule has 5 heteroatoms. The molecule has 3 aromatic rings. The number of hydrogen-bond acceptors (Lipinski definition) is 4. The lowest BCUT2D eigenvalue weighted by molar-refractivity contribution is 0.102. The Morgan fingerprint density at radius 1 is 1.09 bits per heavy atom. The third kappa shape index (κ3) is 2.74. The van der Waals surface area contributed by atoms with E-state index in [-0.39, 0.29) is 11.6 Å². The standard InChI is InChI=1S/C17H15N3O2/c1-11-7-6-10-18-15(11)20-16(21)14-12(2)22-17(19-14)13-8-4-3-5-9-13/h3-10H,1-2H3,(H,18,20,21). The molecule has 0 saturated heterocycles. The van der Waals surface area contributed by atoms with Crippen LogP contribution in [0.2, 0.25) is 0 Å². The van der Waals surface area contributed by atoms with E-state index in [1.54, 1.807) is 13.1 Å². The number of amides is 1. The molecular weight excluding hydrogens is 278 g/mol. The highest BCUT2D eigenvalue weighted by atomic mass is 16.4. The zero-order valence-corrected chi connectivity index (χ0v) is 12.3. The SMILES string of the molecule is Cc1cccnc1NC(=O)c1nc(-c2ccccc2)oc1C. The van der Waals surface area contributed by atoms with E-state index < -0.39 is 0 Å². The van der Waals surface area contributed by atoms with Crippen molar-refractivity contribution in [1.82, 2.24) is 9.97 Å². The molecule has 0 bridgehead atoms. The minimum Gasteiger partial charge on any atom is -0.441 e. The Hall–Kier alpha value is -2.95. The maximum atomic E-state index is 12.4. The minimum absolute atomic E-state index is 0.268. The molecule has 0 radical (unpaired) electrons. The van der Waals surface area contributed by atoms with E-state index in [1.165, 1.54) is 0 Å². The molecule has 0 aliphatic carbocycles. The van der Waals surface area contributed by atoms with Gasteiger partial charge in [0.05, 0.1) is 0 Å². The van der Waals surface area contributed by atoms with Crippen LogP contribution in [0.3, 0.4) is 0 Å². The molecule has 2 aromatic heterocycles. The number of carbonyl (C=O) groups excluding carboxylic acids is 1. The van der Waals surface area contributed by atoms with Crippen molar-refractivity contribution in [2.45, 2.75) is 13.8 Å². The van der Waals surface area contributed by atoms with Gasteiger partial charge in [-0.1, -0.05) is 24.3 Å². The van der Waals surface area contributed by atoms with Gasteiger partial charge >= 0.3 is 0 Å². The normalized spacial score (nSPS) is 10.5. The van der Waals surface area contributed by atoms with Crippen LogP contribution in [0.5, 0.6) is 0 Å². The van der Waals surface area contributed by atoms with Crippen LogP contribution in [-0.2, 0) is 0 Å². The number of rotatable bonds is 3. The molecule has 0 aliphatic heterocycles. The number of anilines is 1. The van der Waals surface area contributed by atoms with E-state index in [2.05, 4.69) is 15.3 Å². The number of nitrogens with zero attached hydrogens (tertiary/aromatic N) is 2. The number of benzene rings is 1. The molecule has 1 aromatic carbocycles. The van der Waals surface area contributed by atoms with Gasteiger partial charge in [-0.15, -0.1) is 0 Å². The molecule has 0 atom stereocenters. The van der Waals surface area contributed by atoms with Gasteiger partial charge in [0.15, 0.2) is 5.69 Å². The molecule has 0 saturated carbocycles. The van der Waals surface area contributed by atoms with Crippen LogP contribution in [-0.4, -0.2) is 15.9 Å². The summed E-state index contributed by atoms with van der Waals surface area (Å²) in [5.41, 5.74) is 1.99. The molecule has 1 N–H and O–H groups in total. The molecule has 5 nitrogen and oxygen atoms in total. The summed E-state index contributed by atoms with van der Waals surface area (Å²) in [7, 11) is 0. The maximum Gasteiger partial charge on any atom is 0.279 e. The Bertz CT molecular complexity index is 810. The summed E-state index contributed by atoms with van der Waals surface area (Å²) in [4.78, 5) is 20.8. The average molecular weight is 293 g/mol. The van der Waals surface area contributed by atoms with Gasteiger partial charge in [0.1, 0.15) is 11.6 Å². The summed E-state index contributed by atoms with van der Waals surface area (Å²) in [6.45, 7) is 3.60. The predicted octanol–water partition coefficient (Wildman–Crippen LogP) is 3.61. The summed E-state index contributed by atoms with van der Waals surface area (Å²) in [5.74, 6) is 1.10. The molecule has 1 amide bonds. The van der Waals surface area contributed by atoms with E-state index in [4.69, 9.17) is 4.42 Å². The van der Waals surface area contributed by atoms with Crippen molar-refractivity contribution in [2.24, 2.45) is 0 Å². The quantitative estimate of drug-likeness (QED) is 0.801. The van der Waals surface area contributed by atoms with Crippen molar-refractivity contribution in [3.05, 3.63) is 65.7 Å². The summed E-state index contributed by atoms with van der Waals surface area (Å²) in [5, 5.41) is 2.76. The number of aromatic nitrogens is 2. The number of aryl methyl sites for hydroxylation is 2. The van der Waals surface area contributed by atoms with Gasteiger partial charge in [0, 0.05) is 11.8 Å². The Labute approximate surface area is 128 Å². The van der Waals surface area contributed by atoms with Crippen LogP contribution in [0.4, 0.5) is 5.82 Å². The Balaban J connectivity index is 1.88. The van der Waals surface area contributed by atoms with Gasteiger partial charge in [0.25, 0.3) is 5.91 Å². The summed E-state index contributed by atoms with van der Waals surface area (Å²) in [6, 6.07) is 13.2. The van der Waals surface area contributed by atoms with Gasteiger partial charge in [0.2, 0.25) is 5.89 Å². The van der Waals surface area contributed by atoms with Crippen LogP contribution >= 0.6 is 0 Å². The molecule has 0 fully saturated rings. The summed E-state index contributed by atoms with van der Waals surface area (Å²) in [6.07, 6.45) is 1.63. The predicted molar refractivity (Wildman–Crippen MR) is 83.6 cm³/mol. The van der Waals surface area contributed by atoms with Gasteiger partial charge in [-0.25, -0.2) is 9.97 Å². The highest BCUT2D eigenvalue weighted by molar-refractivity contribution is 6.03. The van der Waals surface area contributed by atoms with E-state index in [0.717, 1.165) is 11.1 Å². The topological polar surface area (TPSA) is 68.0 Å². The number of hydrogen-bond donors (Lipinski definition) is 1. The second-order valence-corrected chi connectivity index (χ2v) is 4.91. The van der Waals surface area contributed by atoms with Crippen LogP contribution in [0.15, 0.2) is 53.1 Å². The van der Waals surface area contributed by atoms with Crippen molar-refractivity contribution in [3.63, 3.8) is 0 Å². The Morgan fingerprint density at radius 2 is 1.86 bits per heavy atom. The second-order valence-electron chi connectivity index (χ2n) is 4.91. The van der Waals surface area contributed by atoms with Crippen LogP contribution in [0, 0.1) is 13.8 Å². The van der Waals surface area contributed by atoms with E-state index >= 15 is 0 Å². The third-order valence-corrected chi connectivity index (χ3v) is 3.27. The van der Waals surface area contributed by atoms with Crippen molar-refractivity contribution >= 4 is 11.7 Å². The highest BCUT2D eigenvalue weighted by Gasteiger charge is 2.18. The van der Waals surface area contributed by atoms with Crippen molar-refractivity contribution in [1.29, 1.82) is 0 Å². The molecule has 22 heavy (non-hydrogen) atoms. The smallest absolute Gasteiger partial charge is 0.279 e. The van der Waals surface area contributed by atoms with Crippen LogP contribution < -0.4 is 5.32 Å². The van der Waals surface area contributed by atoms with Gasteiger partial charge in [-0.05, 0) is 37.6 Å². The zero-order valence-electron chi connectivity index (χ0n) is 12.3. The maximum absolute atomic E-state index is 12.4. The molecule has 3 rings (SSSR count). The number of carbonyl (C=O) groups is 1. The fourth-order valence-corrected chi connectivity index (χ4v) is 2.09. The first-order chi connectivity index (χ1) is 10.6. The molecule has 0 unspecified atom stereocenters. The third-order valence-electron chi connectivity index (χ3n) is 3.27. The zero-order chi connectivity index (χ0) is 15.5. The molecule has 2 heterocycles. The Morgan fingerprint density at radius 3 is 2.59 bits per heavy atom. The fraction of sp³-hybridized carbons (Fsp3) is 0.118. The van der Waals surface area contributed by atoms with Gasteiger partial charge in [-0.2, -0.15) is 0 Å². The Kier molecular flexibility index (Phi) is 3.70. The molecule has 110 valence electrons. The molecule has 0 aliphatic rings. The van der Waals surface area contributed by atoms with Crippen LogP contribution in [0.1, 0.15) is 21.8 Å². The van der Waals surface area contributed by atoms with Crippen molar-refractivity contribution in [2.75, 3.05) is 5.32 Å². The van der Waals surface area contributed by atoms with Crippen molar-refractivity contribution < 1.29 is 9.21 Å². The number of nitrogens with one attached hydrogen (secondary N) is 1. The second kappa shape index (κ2) is 5.81. The lowest BCUT2D eigenvalue weighted by Gasteiger charge is -2.04. The highest BCUT2D eigenvalue weighted by Crippen LogP contribution is 2.22. The molecule has 0 spiro atoms. The van der Waals surface area contributed by atoms with E-state index in [1.807, 2.05) is 49.4 Å². The lowest BCUT2D eigenvalue weighted by atomic mass is 10.2. The number of pyridine rings is 1. The minimum atomic E-state index is -0.328. The van der Waals surface area contributed by atoms with E-state index in [9.17, 15) is 4.79 Å². The first kappa shape index (κ1) is 14.0. The molecular formula is C17H15N3O2. The van der Waals surface area contributed by atoms with Gasteiger partial charge < -0.3 is 9.73 Å². The van der Waals surface area contributed by atoms with Gasteiger partial charge in [-0.3, -0.25) is 4.79 Å². The van der Waals surface area contributed by atoms with Crippen molar-refractivity contribution in [3.8, 4) is 11.5 Å².